The van der Waals surface area contributed by atoms with Gasteiger partial charge >= 0.3 is 5.69 Å². The minimum atomic E-state index is -0.975. The van der Waals surface area contributed by atoms with E-state index in [1.165, 1.54) is 6.07 Å². The first kappa shape index (κ1) is 15.4. The number of carbonyl (C=O) groups is 1. The highest BCUT2D eigenvalue weighted by Gasteiger charge is 2.34. The van der Waals surface area contributed by atoms with E-state index in [0.717, 1.165) is 18.6 Å². The van der Waals surface area contributed by atoms with Gasteiger partial charge in [0.15, 0.2) is 0 Å². The maximum Gasteiger partial charge on any atom is 0.304 e. The van der Waals surface area contributed by atoms with Crippen LogP contribution < -0.4 is 0 Å². The number of nitrogens with zero attached hydrogens (tertiary/aromatic N) is 2. The third-order valence-corrected chi connectivity index (χ3v) is 4.09. The lowest BCUT2D eigenvalue weighted by atomic mass is 9.80. The van der Waals surface area contributed by atoms with Crippen molar-refractivity contribution in [1.29, 1.82) is 0 Å². The lowest BCUT2D eigenvalue weighted by Gasteiger charge is -2.27. The van der Waals surface area contributed by atoms with Crippen molar-refractivity contribution in [2.24, 2.45) is 11.3 Å². The molecule has 5 nitrogen and oxygen atoms in total. The van der Waals surface area contributed by atoms with E-state index >= 15 is 0 Å². The Morgan fingerprint density at radius 3 is 2.57 bits per heavy atom. The average molecular weight is 294 g/mol. The fourth-order valence-corrected chi connectivity index (χ4v) is 2.62. The zero-order valence-corrected chi connectivity index (χ0v) is 12.4. The molecule has 21 heavy (non-hydrogen) atoms. The summed E-state index contributed by atoms with van der Waals surface area (Å²) >= 11 is 0. The van der Waals surface area contributed by atoms with Gasteiger partial charge in [0.2, 0.25) is 5.82 Å². The molecule has 1 aromatic rings. The molecule has 1 aliphatic heterocycles. The highest BCUT2D eigenvalue weighted by Crippen LogP contribution is 2.34. The second kappa shape index (κ2) is 5.42. The summed E-state index contributed by atoms with van der Waals surface area (Å²) in [6.45, 7) is 7.69. The number of nitro groups is 1. The van der Waals surface area contributed by atoms with Crippen LogP contribution in [0, 0.1) is 27.3 Å². The Kier molecular flexibility index (Phi) is 3.98. The van der Waals surface area contributed by atoms with Gasteiger partial charge < -0.3 is 4.90 Å². The molecule has 1 heterocycles. The van der Waals surface area contributed by atoms with Crippen molar-refractivity contribution in [3.8, 4) is 0 Å². The summed E-state index contributed by atoms with van der Waals surface area (Å²) in [5.41, 5.74) is -0.330. The van der Waals surface area contributed by atoms with Crippen molar-refractivity contribution in [3.63, 3.8) is 0 Å². The van der Waals surface area contributed by atoms with E-state index in [4.69, 9.17) is 0 Å². The summed E-state index contributed by atoms with van der Waals surface area (Å²) in [7, 11) is 0. The molecule has 0 aromatic heterocycles. The lowest BCUT2D eigenvalue weighted by Crippen LogP contribution is -2.31. The molecular weight excluding hydrogens is 275 g/mol. The van der Waals surface area contributed by atoms with Crippen LogP contribution in [0.2, 0.25) is 0 Å². The van der Waals surface area contributed by atoms with Crippen LogP contribution in [-0.4, -0.2) is 28.8 Å². The smallest absolute Gasteiger partial charge is 0.304 e. The van der Waals surface area contributed by atoms with Crippen LogP contribution >= 0.6 is 0 Å². The van der Waals surface area contributed by atoms with Gasteiger partial charge in [-0.3, -0.25) is 14.9 Å². The van der Waals surface area contributed by atoms with Crippen molar-refractivity contribution in [1.82, 2.24) is 4.90 Å². The number of likely N-dealkylation sites (tertiary alicyclic amines) is 1. The number of rotatable bonds is 2. The zero-order chi connectivity index (χ0) is 15.8. The quantitative estimate of drug-likeness (QED) is 0.621. The van der Waals surface area contributed by atoms with Crippen LogP contribution in [0.15, 0.2) is 18.2 Å². The van der Waals surface area contributed by atoms with Gasteiger partial charge in [-0.25, -0.2) is 0 Å². The summed E-state index contributed by atoms with van der Waals surface area (Å²) in [5.74, 6) is -0.836. The average Bonchev–Trinajstić information content (AvgIpc) is 2.86. The highest BCUT2D eigenvalue weighted by molar-refractivity contribution is 5.94. The second-order valence-corrected chi connectivity index (χ2v) is 6.53. The van der Waals surface area contributed by atoms with Gasteiger partial charge in [0.1, 0.15) is 0 Å². The molecule has 0 aliphatic carbocycles. The molecule has 0 spiro atoms. The molecule has 1 aliphatic rings. The minimum absolute atomic E-state index is 0.121. The Balaban J connectivity index is 2.15. The largest absolute Gasteiger partial charge is 0.338 e. The monoisotopic (exact) mass is 294 g/mol. The van der Waals surface area contributed by atoms with Crippen LogP contribution in [-0.2, 0) is 0 Å². The van der Waals surface area contributed by atoms with Gasteiger partial charge in [-0.2, -0.15) is 4.39 Å². The predicted molar refractivity (Wildman–Crippen MR) is 76.5 cm³/mol. The van der Waals surface area contributed by atoms with Crippen LogP contribution in [0.3, 0.4) is 0 Å². The number of nitro benzene ring substituents is 1. The standard InChI is InChI=1S/C15H19FN2O3/c1-15(2,3)11-6-7-17(9-11)14(19)10-4-5-13(18(20)21)12(16)8-10/h4-5,8,11H,6-7,9H2,1-3H3. The topological polar surface area (TPSA) is 63.5 Å². The first-order chi connectivity index (χ1) is 9.70. The van der Waals surface area contributed by atoms with E-state index in [1.54, 1.807) is 4.90 Å². The Hall–Kier alpha value is -1.98. The molecule has 0 bridgehead atoms. The molecule has 1 amide bonds. The minimum Gasteiger partial charge on any atom is -0.338 e. The third-order valence-electron chi connectivity index (χ3n) is 4.09. The number of halogens is 1. The Bertz CT molecular complexity index is 581. The summed E-state index contributed by atoms with van der Waals surface area (Å²) in [6, 6.07) is 3.30. The molecule has 0 radical (unpaired) electrons. The van der Waals surface area contributed by atoms with Crippen LogP contribution in [0.25, 0.3) is 0 Å². The molecule has 1 unspecified atom stereocenters. The van der Waals surface area contributed by atoms with Crippen molar-refractivity contribution in [2.45, 2.75) is 27.2 Å². The number of benzene rings is 1. The van der Waals surface area contributed by atoms with Gasteiger partial charge in [0.25, 0.3) is 5.91 Å². The van der Waals surface area contributed by atoms with E-state index in [9.17, 15) is 19.3 Å². The molecule has 1 aromatic carbocycles. The van der Waals surface area contributed by atoms with Crippen LogP contribution in [0.4, 0.5) is 10.1 Å². The second-order valence-electron chi connectivity index (χ2n) is 6.53. The van der Waals surface area contributed by atoms with E-state index in [-0.39, 0.29) is 16.9 Å². The molecular formula is C15H19FN2O3. The molecule has 1 fully saturated rings. The fourth-order valence-electron chi connectivity index (χ4n) is 2.62. The van der Waals surface area contributed by atoms with Gasteiger partial charge in [0, 0.05) is 24.7 Å². The van der Waals surface area contributed by atoms with E-state index in [2.05, 4.69) is 20.8 Å². The lowest BCUT2D eigenvalue weighted by molar-refractivity contribution is -0.387. The van der Waals surface area contributed by atoms with E-state index in [1.807, 2.05) is 0 Å². The molecule has 1 saturated heterocycles. The first-order valence-electron chi connectivity index (χ1n) is 6.93. The molecule has 114 valence electrons. The van der Waals surface area contributed by atoms with Gasteiger partial charge in [-0.1, -0.05) is 20.8 Å². The van der Waals surface area contributed by atoms with Crippen LogP contribution in [0.5, 0.6) is 0 Å². The summed E-state index contributed by atoms with van der Waals surface area (Å²) in [6.07, 6.45) is 0.921. The molecule has 6 heteroatoms. The van der Waals surface area contributed by atoms with Gasteiger partial charge in [-0.05, 0) is 29.9 Å². The van der Waals surface area contributed by atoms with Crippen molar-refractivity contribution in [2.75, 3.05) is 13.1 Å². The maximum atomic E-state index is 13.6. The van der Waals surface area contributed by atoms with Gasteiger partial charge in [0.05, 0.1) is 4.92 Å². The van der Waals surface area contributed by atoms with Gasteiger partial charge in [-0.15, -0.1) is 0 Å². The number of hydrogen-bond donors (Lipinski definition) is 0. The Morgan fingerprint density at radius 2 is 2.10 bits per heavy atom. The highest BCUT2D eigenvalue weighted by atomic mass is 19.1. The number of hydrogen-bond acceptors (Lipinski definition) is 3. The molecule has 1 atom stereocenters. The van der Waals surface area contributed by atoms with E-state index in [0.29, 0.717) is 19.0 Å². The molecule has 0 N–H and O–H groups in total. The summed E-state index contributed by atoms with van der Waals surface area (Å²) < 4.78 is 13.6. The predicted octanol–water partition coefficient (Wildman–Crippen LogP) is 3.24. The molecule has 2 rings (SSSR count). The Morgan fingerprint density at radius 1 is 1.43 bits per heavy atom. The zero-order valence-electron chi connectivity index (χ0n) is 12.4. The van der Waals surface area contributed by atoms with Crippen molar-refractivity contribution < 1.29 is 14.1 Å². The van der Waals surface area contributed by atoms with E-state index < -0.39 is 16.4 Å². The van der Waals surface area contributed by atoms with Crippen molar-refractivity contribution in [3.05, 3.63) is 39.7 Å². The number of carbonyl (C=O) groups excluding carboxylic acids is 1. The maximum absolute atomic E-state index is 13.6. The fraction of sp³-hybridized carbons (Fsp3) is 0.533. The molecule has 0 saturated carbocycles. The number of amides is 1. The first-order valence-corrected chi connectivity index (χ1v) is 6.93. The third kappa shape index (κ3) is 3.20. The summed E-state index contributed by atoms with van der Waals surface area (Å²) in [4.78, 5) is 23.8. The Labute approximate surface area is 122 Å². The SMILES string of the molecule is CC(C)(C)C1CCN(C(=O)c2ccc([N+](=O)[O-])c(F)c2)C1. The normalized spacial score (nSPS) is 18.9. The summed E-state index contributed by atoms with van der Waals surface area (Å²) in [5, 5.41) is 10.6. The van der Waals surface area contributed by atoms with Crippen LogP contribution in [0.1, 0.15) is 37.6 Å². The van der Waals surface area contributed by atoms with Crippen molar-refractivity contribution >= 4 is 11.6 Å².